The van der Waals surface area contributed by atoms with Gasteiger partial charge in [-0.2, -0.15) is 0 Å². The van der Waals surface area contributed by atoms with E-state index in [9.17, 15) is 4.79 Å². The van der Waals surface area contributed by atoms with Gasteiger partial charge in [0.2, 0.25) is 0 Å². The Hall–Kier alpha value is -0.410. The van der Waals surface area contributed by atoms with Crippen LogP contribution in [0.3, 0.4) is 0 Å². The maximum atomic E-state index is 11.1. The molecule has 1 saturated heterocycles. The predicted molar refractivity (Wildman–Crippen MR) is 67.7 cm³/mol. The van der Waals surface area contributed by atoms with Gasteiger partial charge in [-0.3, -0.25) is 4.79 Å². The number of hydrogen-bond acceptors (Lipinski definition) is 3. The van der Waals surface area contributed by atoms with Crippen LogP contribution in [0.15, 0.2) is 0 Å². The molecule has 94 valence electrons. The number of carbonyl (C=O) groups excluding carboxylic acids is 1. The highest BCUT2D eigenvalue weighted by molar-refractivity contribution is 5.79. The summed E-state index contributed by atoms with van der Waals surface area (Å²) in [5.41, 5.74) is 0. The molecule has 0 aromatic rings. The quantitative estimate of drug-likeness (QED) is 0.645. The standard InChI is InChI=1S/C13H26N2O/c1-12(2)14(3)8-4-5-9-15-10-6-13(16)7-11-15/h12H,4-11H2,1-3H3. The Bertz CT molecular complexity index is 206. The van der Waals surface area contributed by atoms with Gasteiger partial charge in [-0.1, -0.05) is 0 Å². The molecular formula is C13H26N2O. The van der Waals surface area contributed by atoms with E-state index in [4.69, 9.17) is 0 Å². The van der Waals surface area contributed by atoms with Crippen LogP contribution >= 0.6 is 0 Å². The fourth-order valence-corrected chi connectivity index (χ4v) is 1.98. The zero-order chi connectivity index (χ0) is 12.0. The monoisotopic (exact) mass is 226 g/mol. The van der Waals surface area contributed by atoms with Gasteiger partial charge >= 0.3 is 0 Å². The Kier molecular flexibility index (Phi) is 5.99. The third kappa shape index (κ3) is 5.08. The van der Waals surface area contributed by atoms with Crippen LogP contribution in [0.25, 0.3) is 0 Å². The zero-order valence-corrected chi connectivity index (χ0v) is 11.0. The summed E-state index contributed by atoms with van der Waals surface area (Å²) in [5.74, 6) is 0.441. The molecule has 0 atom stereocenters. The molecule has 0 radical (unpaired) electrons. The second-order valence-electron chi connectivity index (χ2n) is 5.16. The van der Waals surface area contributed by atoms with E-state index in [1.807, 2.05) is 0 Å². The van der Waals surface area contributed by atoms with Crippen LogP contribution in [-0.4, -0.2) is 54.9 Å². The predicted octanol–water partition coefficient (Wildman–Crippen LogP) is 1.77. The summed E-state index contributed by atoms with van der Waals surface area (Å²) in [4.78, 5) is 15.9. The molecule has 0 aliphatic carbocycles. The molecule has 0 aromatic heterocycles. The first-order valence-electron chi connectivity index (χ1n) is 6.54. The molecule has 0 amide bonds. The number of likely N-dealkylation sites (tertiary alicyclic amines) is 1. The summed E-state index contributed by atoms with van der Waals surface area (Å²) in [6.45, 7) is 8.79. The molecule has 0 aromatic carbocycles. The Balaban J connectivity index is 2.01. The molecule has 16 heavy (non-hydrogen) atoms. The molecule has 1 heterocycles. The normalized spacial score (nSPS) is 18.7. The van der Waals surface area contributed by atoms with Crippen LogP contribution in [0.4, 0.5) is 0 Å². The minimum Gasteiger partial charge on any atom is -0.304 e. The summed E-state index contributed by atoms with van der Waals surface area (Å²) in [7, 11) is 2.18. The van der Waals surface area contributed by atoms with E-state index in [1.54, 1.807) is 0 Å². The van der Waals surface area contributed by atoms with E-state index in [-0.39, 0.29) is 0 Å². The van der Waals surface area contributed by atoms with Gasteiger partial charge in [0.25, 0.3) is 0 Å². The molecule has 0 spiro atoms. The lowest BCUT2D eigenvalue weighted by molar-refractivity contribution is -0.121. The number of nitrogens with zero attached hydrogens (tertiary/aromatic N) is 2. The van der Waals surface area contributed by atoms with E-state index < -0.39 is 0 Å². The van der Waals surface area contributed by atoms with Crippen LogP contribution in [0.5, 0.6) is 0 Å². The first-order valence-corrected chi connectivity index (χ1v) is 6.54. The van der Waals surface area contributed by atoms with Crippen molar-refractivity contribution in [3.63, 3.8) is 0 Å². The molecule has 1 fully saturated rings. The van der Waals surface area contributed by atoms with Crippen molar-refractivity contribution in [3.8, 4) is 0 Å². The Morgan fingerprint density at radius 3 is 2.44 bits per heavy atom. The fraction of sp³-hybridized carbons (Fsp3) is 0.923. The summed E-state index contributed by atoms with van der Waals surface area (Å²) in [6, 6.07) is 0.646. The second kappa shape index (κ2) is 7.02. The lowest BCUT2D eigenvalue weighted by Crippen LogP contribution is -2.35. The SMILES string of the molecule is CC(C)N(C)CCCCN1CCC(=O)CC1. The Labute approximate surface area is 99.8 Å². The fourth-order valence-electron chi connectivity index (χ4n) is 1.98. The molecule has 3 heteroatoms. The molecule has 1 aliphatic heterocycles. The summed E-state index contributed by atoms with van der Waals surface area (Å²) in [6.07, 6.45) is 4.06. The first-order chi connectivity index (χ1) is 7.59. The van der Waals surface area contributed by atoms with Gasteiger partial charge < -0.3 is 9.80 Å². The number of Topliss-reactive ketones (excluding diaryl/α,β-unsaturated/α-hetero) is 1. The summed E-state index contributed by atoms with van der Waals surface area (Å²) >= 11 is 0. The van der Waals surface area contributed by atoms with Gasteiger partial charge in [-0.25, -0.2) is 0 Å². The van der Waals surface area contributed by atoms with Crippen LogP contribution < -0.4 is 0 Å². The minimum atomic E-state index is 0.441. The average Bonchev–Trinajstić information content (AvgIpc) is 2.26. The molecule has 0 bridgehead atoms. The molecule has 0 unspecified atom stereocenters. The van der Waals surface area contributed by atoms with Gasteiger partial charge in [0.1, 0.15) is 5.78 Å². The molecule has 0 N–H and O–H groups in total. The van der Waals surface area contributed by atoms with E-state index >= 15 is 0 Å². The number of ketones is 1. The number of piperidine rings is 1. The van der Waals surface area contributed by atoms with E-state index in [2.05, 4.69) is 30.7 Å². The second-order valence-corrected chi connectivity index (χ2v) is 5.16. The molecule has 1 aliphatic rings. The van der Waals surface area contributed by atoms with Crippen LogP contribution in [0, 0.1) is 0 Å². The first kappa shape index (κ1) is 13.7. The number of unbranched alkanes of at least 4 members (excludes halogenated alkanes) is 1. The van der Waals surface area contributed by atoms with Gasteiger partial charge in [0, 0.05) is 32.0 Å². The van der Waals surface area contributed by atoms with Crippen LogP contribution in [0.2, 0.25) is 0 Å². The summed E-state index contributed by atoms with van der Waals surface area (Å²) < 4.78 is 0. The lowest BCUT2D eigenvalue weighted by Gasteiger charge is -2.26. The van der Waals surface area contributed by atoms with Gasteiger partial charge in [0.05, 0.1) is 0 Å². The van der Waals surface area contributed by atoms with E-state index in [0.717, 1.165) is 25.9 Å². The third-order valence-corrected chi connectivity index (χ3v) is 3.53. The highest BCUT2D eigenvalue weighted by atomic mass is 16.1. The number of carbonyl (C=O) groups is 1. The smallest absolute Gasteiger partial charge is 0.135 e. The highest BCUT2D eigenvalue weighted by Crippen LogP contribution is 2.07. The van der Waals surface area contributed by atoms with Crippen molar-refractivity contribution in [2.24, 2.45) is 0 Å². The lowest BCUT2D eigenvalue weighted by atomic mass is 10.1. The Morgan fingerprint density at radius 2 is 1.88 bits per heavy atom. The van der Waals surface area contributed by atoms with E-state index in [1.165, 1.54) is 25.9 Å². The van der Waals surface area contributed by atoms with Crippen molar-refractivity contribution >= 4 is 5.78 Å². The van der Waals surface area contributed by atoms with Crippen LogP contribution in [0.1, 0.15) is 39.5 Å². The molecular weight excluding hydrogens is 200 g/mol. The van der Waals surface area contributed by atoms with Crippen molar-refractivity contribution < 1.29 is 4.79 Å². The highest BCUT2D eigenvalue weighted by Gasteiger charge is 2.15. The van der Waals surface area contributed by atoms with Gasteiger partial charge in [-0.05, 0) is 46.8 Å². The maximum absolute atomic E-state index is 11.1. The zero-order valence-electron chi connectivity index (χ0n) is 11.0. The number of rotatable bonds is 6. The Morgan fingerprint density at radius 1 is 1.25 bits per heavy atom. The maximum Gasteiger partial charge on any atom is 0.135 e. The third-order valence-electron chi connectivity index (χ3n) is 3.53. The van der Waals surface area contributed by atoms with Crippen molar-refractivity contribution in [3.05, 3.63) is 0 Å². The van der Waals surface area contributed by atoms with Crippen molar-refractivity contribution in [1.82, 2.24) is 9.80 Å². The average molecular weight is 226 g/mol. The summed E-state index contributed by atoms with van der Waals surface area (Å²) in [5, 5.41) is 0. The van der Waals surface area contributed by atoms with Crippen LogP contribution in [-0.2, 0) is 4.79 Å². The minimum absolute atomic E-state index is 0.441. The van der Waals surface area contributed by atoms with Gasteiger partial charge in [-0.15, -0.1) is 0 Å². The molecule has 0 saturated carbocycles. The van der Waals surface area contributed by atoms with E-state index in [0.29, 0.717) is 11.8 Å². The van der Waals surface area contributed by atoms with Crippen molar-refractivity contribution in [2.45, 2.75) is 45.6 Å². The number of hydrogen-bond donors (Lipinski definition) is 0. The molecule has 3 nitrogen and oxygen atoms in total. The van der Waals surface area contributed by atoms with Gasteiger partial charge in [0.15, 0.2) is 0 Å². The van der Waals surface area contributed by atoms with Crippen molar-refractivity contribution in [2.75, 3.05) is 33.2 Å². The molecule has 1 rings (SSSR count). The topological polar surface area (TPSA) is 23.6 Å². The largest absolute Gasteiger partial charge is 0.304 e. The van der Waals surface area contributed by atoms with Crippen molar-refractivity contribution in [1.29, 1.82) is 0 Å².